The third-order valence-corrected chi connectivity index (χ3v) is 4.28. The molecule has 1 aliphatic rings. The SMILES string of the molecule is CCOCCn1c(N2CCCNCC2)nc2ccccc21.O=C([O-])/C=C/C(=O)[O-].[Na+].[Na+]. The zero-order valence-corrected chi connectivity index (χ0v) is 22.5. The van der Waals surface area contributed by atoms with Crippen molar-refractivity contribution in [1.82, 2.24) is 14.9 Å². The Morgan fingerprint density at radius 1 is 1.13 bits per heavy atom. The number of fused-ring (bicyclic) bond motifs is 1. The summed E-state index contributed by atoms with van der Waals surface area (Å²) in [7, 11) is 0. The van der Waals surface area contributed by atoms with Crippen molar-refractivity contribution in [3.05, 3.63) is 36.4 Å². The summed E-state index contributed by atoms with van der Waals surface area (Å²) in [4.78, 5) is 26.1. The molecule has 0 unspecified atom stereocenters. The monoisotopic (exact) mass is 448 g/mol. The number of anilines is 1. The number of aromatic nitrogens is 2. The maximum atomic E-state index is 9.41. The van der Waals surface area contributed by atoms with Gasteiger partial charge in [-0.05, 0) is 44.2 Å². The zero-order chi connectivity index (χ0) is 21.1. The number of benzene rings is 1. The molecule has 0 bridgehead atoms. The zero-order valence-electron chi connectivity index (χ0n) is 18.5. The predicted octanol–water partition coefficient (Wildman–Crippen LogP) is -7.08. The third kappa shape index (κ3) is 10.5. The van der Waals surface area contributed by atoms with E-state index < -0.39 is 11.9 Å². The Balaban J connectivity index is 0.000000781. The van der Waals surface area contributed by atoms with Gasteiger partial charge in [0.05, 0.1) is 29.6 Å². The summed E-state index contributed by atoms with van der Waals surface area (Å²) in [6.07, 6.45) is 1.93. The Kier molecular flexibility index (Phi) is 16.2. The number of carboxylic acids is 2. The van der Waals surface area contributed by atoms with Crippen LogP contribution in [0.1, 0.15) is 13.3 Å². The van der Waals surface area contributed by atoms with Crippen molar-refractivity contribution < 1.29 is 83.7 Å². The first-order chi connectivity index (χ1) is 14.0. The molecule has 1 N–H and O–H groups in total. The van der Waals surface area contributed by atoms with Gasteiger partial charge in [-0.3, -0.25) is 0 Å². The number of carbonyl (C=O) groups excluding carboxylic acids is 2. The van der Waals surface area contributed by atoms with Crippen LogP contribution in [0.15, 0.2) is 36.4 Å². The second-order valence-corrected chi connectivity index (χ2v) is 6.31. The van der Waals surface area contributed by atoms with Crippen LogP contribution in [0, 0.1) is 0 Å². The Morgan fingerprint density at radius 3 is 2.45 bits per heavy atom. The van der Waals surface area contributed by atoms with Crippen molar-refractivity contribution in [2.24, 2.45) is 0 Å². The molecular weight excluding hydrogens is 422 g/mol. The topological polar surface area (TPSA) is 123 Å². The van der Waals surface area contributed by atoms with Gasteiger partial charge in [0.15, 0.2) is 0 Å². The van der Waals surface area contributed by atoms with E-state index in [4.69, 9.17) is 9.72 Å². The summed E-state index contributed by atoms with van der Waals surface area (Å²) in [6, 6.07) is 8.37. The van der Waals surface area contributed by atoms with Gasteiger partial charge in [0.2, 0.25) is 5.95 Å². The van der Waals surface area contributed by atoms with Gasteiger partial charge < -0.3 is 39.3 Å². The van der Waals surface area contributed by atoms with E-state index in [1.54, 1.807) is 0 Å². The maximum absolute atomic E-state index is 9.41. The molecule has 31 heavy (non-hydrogen) atoms. The van der Waals surface area contributed by atoms with E-state index in [9.17, 15) is 19.8 Å². The number of carbonyl (C=O) groups is 2. The van der Waals surface area contributed by atoms with Crippen LogP contribution >= 0.6 is 0 Å². The first-order valence-electron chi connectivity index (χ1n) is 9.61. The Bertz CT molecular complexity index is 820. The molecule has 0 atom stereocenters. The van der Waals surface area contributed by atoms with Crippen molar-refractivity contribution in [1.29, 1.82) is 0 Å². The molecule has 0 spiro atoms. The molecular formula is C20H26N4Na2O5. The quantitative estimate of drug-likeness (QED) is 0.252. The molecule has 1 aromatic heterocycles. The molecule has 1 aliphatic heterocycles. The van der Waals surface area contributed by atoms with Crippen LogP contribution in [-0.4, -0.2) is 60.9 Å². The van der Waals surface area contributed by atoms with Crippen molar-refractivity contribution in [3.8, 4) is 0 Å². The normalized spacial score (nSPS) is 13.5. The molecule has 1 fully saturated rings. The summed E-state index contributed by atoms with van der Waals surface area (Å²) in [6.45, 7) is 8.57. The van der Waals surface area contributed by atoms with Crippen LogP contribution in [0.3, 0.4) is 0 Å². The van der Waals surface area contributed by atoms with E-state index in [0.717, 1.165) is 63.8 Å². The predicted molar refractivity (Wildman–Crippen MR) is 105 cm³/mol. The number of rotatable bonds is 7. The molecule has 3 rings (SSSR count). The number of imidazole rings is 1. The molecule has 2 aromatic rings. The van der Waals surface area contributed by atoms with Gasteiger partial charge in [0, 0.05) is 32.8 Å². The van der Waals surface area contributed by atoms with Crippen LogP contribution in [0.4, 0.5) is 5.95 Å². The minimum Gasteiger partial charge on any atom is -0.545 e. The van der Waals surface area contributed by atoms with Gasteiger partial charge in [0.25, 0.3) is 0 Å². The molecule has 9 nitrogen and oxygen atoms in total. The van der Waals surface area contributed by atoms with Gasteiger partial charge in [0.1, 0.15) is 0 Å². The summed E-state index contributed by atoms with van der Waals surface area (Å²) in [5.74, 6) is -2.01. The Morgan fingerprint density at radius 2 is 1.81 bits per heavy atom. The van der Waals surface area contributed by atoms with E-state index in [0.29, 0.717) is 12.2 Å². The fourth-order valence-electron chi connectivity index (χ4n) is 3.01. The van der Waals surface area contributed by atoms with Crippen LogP contribution < -0.4 is 79.5 Å². The largest absolute Gasteiger partial charge is 1.00 e. The summed E-state index contributed by atoms with van der Waals surface area (Å²) < 4.78 is 7.85. The van der Waals surface area contributed by atoms with E-state index in [1.165, 1.54) is 5.52 Å². The molecule has 0 radical (unpaired) electrons. The van der Waals surface area contributed by atoms with Crippen molar-refractivity contribution in [2.45, 2.75) is 19.9 Å². The maximum Gasteiger partial charge on any atom is 1.00 e. The standard InChI is InChI=1S/C16H24N4O.C4H4O4.2Na/c1-2-21-13-12-20-15-7-4-3-6-14(15)18-16(20)19-10-5-8-17-9-11-19;5-3(6)1-2-4(7)8;;/h3-4,6-7,17H,2,5,8-13H2,1H3;1-2H,(H,5,6)(H,7,8);;/q;;2*+1/p-2/b;2-1+;;. The van der Waals surface area contributed by atoms with Crippen LogP contribution in [0.5, 0.6) is 0 Å². The molecule has 1 saturated heterocycles. The summed E-state index contributed by atoms with van der Waals surface area (Å²) >= 11 is 0. The number of ether oxygens (including phenoxy) is 1. The smallest absolute Gasteiger partial charge is 0.545 e. The fraction of sp³-hybridized carbons (Fsp3) is 0.450. The molecule has 2 heterocycles. The average Bonchev–Trinajstić information content (AvgIpc) is 2.87. The number of hydrogen-bond donors (Lipinski definition) is 1. The summed E-state index contributed by atoms with van der Waals surface area (Å²) in [5.41, 5.74) is 2.27. The van der Waals surface area contributed by atoms with Crippen LogP contribution in [0.25, 0.3) is 11.0 Å². The Labute approximate surface area is 226 Å². The van der Waals surface area contributed by atoms with E-state index in [1.807, 2.05) is 6.92 Å². The minimum atomic E-state index is -1.55. The summed E-state index contributed by atoms with van der Waals surface area (Å²) in [5, 5.41) is 22.3. The third-order valence-electron chi connectivity index (χ3n) is 4.28. The minimum absolute atomic E-state index is 0. The number of carboxylic acid groups (broad SMARTS) is 2. The van der Waals surface area contributed by atoms with E-state index in [-0.39, 0.29) is 59.1 Å². The van der Waals surface area contributed by atoms with Gasteiger partial charge in [-0.1, -0.05) is 12.1 Å². The van der Waals surface area contributed by atoms with E-state index in [2.05, 4.69) is 39.0 Å². The van der Waals surface area contributed by atoms with Crippen molar-refractivity contribution in [3.63, 3.8) is 0 Å². The van der Waals surface area contributed by atoms with E-state index >= 15 is 0 Å². The van der Waals surface area contributed by atoms with Crippen LogP contribution in [0.2, 0.25) is 0 Å². The number of nitrogens with one attached hydrogen (secondary N) is 1. The molecule has 1 aromatic carbocycles. The van der Waals surface area contributed by atoms with Crippen molar-refractivity contribution >= 4 is 28.9 Å². The molecule has 0 aliphatic carbocycles. The number of nitrogens with zero attached hydrogens (tertiary/aromatic N) is 3. The second-order valence-electron chi connectivity index (χ2n) is 6.31. The first kappa shape index (κ1) is 30.1. The molecule has 11 heteroatoms. The first-order valence-corrected chi connectivity index (χ1v) is 9.61. The molecule has 0 saturated carbocycles. The fourth-order valence-corrected chi connectivity index (χ4v) is 3.01. The number of para-hydroxylation sites is 2. The van der Waals surface area contributed by atoms with Gasteiger partial charge >= 0.3 is 59.1 Å². The van der Waals surface area contributed by atoms with Crippen LogP contribution in [-0.2, 0) is 20.9 Å². The van der Waals surface area contributed by atoms with Gasteiger partial charge in [-0.15, -0.1) is 0 Å². The number of aliphatic carboxylic acids is 2. The second kappa shape index (κ2) is 16.7. The molecule has 0 amide bonds. The molecule has 158 valence electrons. The van der Waals surface area contributed by atoms with Gasteiger partial charge in [-0.2, -0.15) is 0 Å². The average molecular weight is 448 g/mol. The van der Waals surface area contributed by atoms with Crippen molar-refractivity contribution in [2.75, 3.05) is 44.3 Å². The van der Waals surface area contributed by atoms with Gasteiger partial charge in [-0.25, -0.2) is 4.98 Å². The number of hydrogen-bond acceptors (Lipinski definition) is 8. The Hall–Kier alpha value is -0.910.